The maximum Gasteiger partial charge on any atom is 0.303 e. The maximum atomic E-state index is 10.5. The Morgan fingerprint density at radius 2 is 1.34 bits per heavy atom. The van der Waals surface area contributed by atoms with Crippen LogP contribution in [-0.4, -0.2) is 27.2 Å². The predicted molar refractivity (Wildman–Crippen MR) is 174 cm³/mol. The largest absolute Gasteiger partial charge is 0.481 e. The second kappa shape index (κ2) is 19.0. The standard InChI is InChI=1S/C37H65NO3/c1-7-36(5)30-34(31(3)37(6,8-2)38(36)41-32(4)33-26-23-21-24-27-33)28-22-19-17-15-13-11-9-10-12-14-16-18-20-25-29-35(39)40/h21,23-24,26-27,31-32,34H,7-20,22,25,28-30H2,1-6H3,(H,39,40). The number of carboxylic acids is 1. The molecule has 5 unspecified atom stereocenters. The molecule has 0 saturated carbocycles. The molecule has 1 aliphatic heterocycles. The Morgan fingerprint density at radius 3 is 1.80 bits per heavy atom. The third kappa shape index (κ3) is 11.7. The Labute approximate surface area is 254 Å². The average molecular weight is 572 g/mol. The van der Waals surface area contributed by atoms with Crippen LogP contribution in [0, 0.1) is 11.8 Å². The van der Waals surface area contributed by atoms with E-state index in [0.717, 1.165) is 31.6 Å². The van der Waals surface area contributed by atoms with Gasteiger partial charge in [-0.25, -0.2) is 0 Å². The lowest BCUT2D eigenvalue weighted by Gasteiger charge is -2.60. The third-order valence-corrected chi connectivity index (χ3v) is 10.6. The molecule has 1 aliphatic rings. The number of hydrogen-bond acceptors (Lipinski definition) is 3. The third-order valence-electron chi connectivity index (χ3n) is 10.6. The van der Waals surface area contributed by atoms with E-state index in [4.69, 9.17) is 9.94 Å². The molecule has 4 nitrogen and oxygen atoms in total. The summed E-state index contributed by atoms with van der Waals surface area (Å²) in [5, 5.41) is 11.1. The minimum absolute atomic E-state index is 0.0388. The first-order chi connectivity index (χ1) is 19.7. The number of rotatable bonds is 22. The molecule has 5 atom stereocenters. The zero-order valence-corrected chi connectivity index (χ0v) is 27.8. The quantitative estimate of drug-likeness (QED) is 0.141. The molecular formula is C37H65NO3. The number of nitrogens with zero attached hydrogens (tertiary/aromatic N) is 1. The molecule has 0 spiro atoms. The molecule has 2 rings (SSSR count). The summed E-state index contributed by atoms with van der Waals surface area (Å²) in [5.41, 5.74) is 1.35. The van der Waals surface area contributed by atoms with Crippen molar-refractivity contribution < 1.29 is 14.7 Å². The average Bonchev–Trinajstić information content (AvgIpc) is 2.97. The summed E-state index contributed by atoms with van der Waals surface area (Å²) in [6.07, 6.45) is 23.3. The molecule has 41 heavy (non-hydrogen) atoms. The first-order valence-corrected chi connectivity index (χ1v) is 17.4. The Kier molecular flexibility index (Phi) is 16.6. The van der Waals surface area contributed by atoms with E-state index in [-0.39, 0.29) is 17.2 Å². The van der Waals surface area contributed by atoms with Crippen LogP contribution in [-0.2, 0) is 9.63 Å². The number of piperidine rings is 1. The lowest BCUT2D eigenvalue weighted by Crippen LogP contribution is -2.66. The van der Waals surface area contributed by atoms with Crippen molar-refractivity contribution >= 4 is 5.97 Å². The van der Waals surface area contributed by atoms with Gasteiger partial charge in [0.1, 0.15) is 6.10 Å². The highest BCUT2D eigenvalue weighted by Gasteiger charge is 2.53. The van der Waals surface area contributed by atoms with Gasteiger partial charge in [-0.05, 0) is 63.9 Å². The Bertz CT molecular complexity index is 829. The fraction of sp³-hybridized carbons (Fsp3) is 0.811. The van der Waals surface area contributed by atoms with E-state index < -0.39 is 5.97 Å². The van der Waals surface area contributed by atoms with Gasteiger partial charge in [0, 0.05) is 17.5 Å². The fourth-order valence-electron chi connectivity index (χ4n) is 7.23. The summed E-state index contributed by atoms with van der Waals surface area (Å²) in [5.74, 6) is 0.712. The summed E-state index contributed by atoms with van der Waals surface area (Å²) >= 11 is 0. The van der Waals surface area contributed by atoms with Gasteiger partial charge in [-0.1, -0.05) is 141 Å². The van der Waals surface area contributed by atoms with E-state index in [1.165, 1.54) is 95.5 Å². The summed E-state index contributed by atoms with van der Waals surface area (Å²) in [6.45, 7) is 14.3. The maximum absolute atomic E-state index is 10.5. The van der Waals surface area contributed by atoms with E-state index in [1.807, 2.05) is 0 Å². The van der Waals surface area contributed by atoms with Crippen molar-refractivity contribution in [2.45, 2.75) is 181 Å². The van der Waals surface area contributed by atoms with Crippen LogP contribution in [0.2, 0.25) is 0 Å². The lowest BCUT2D eigenvalue weighted by molar-refractivity contribution is -0.332. The van der Waals surface area contributed by atoms with Crippen molar-refractivity contribution in [3.63, 3.8) is 0 Å². The van der Waals surface area contributed by atoms with E-state index >= 15 is 0 Å². The van der Waals surface area contributed by atoms with Crippen molar-refractivity contribution in [3.8, 4) is 0 Å². The van der Waals surface area contributed by atoms with Gasteiger partial charge in [0.25, 0.3) is 0 Å². The van der Waals surface area contributed by atoms with Gasteiger partial charge in [-0.2, -0.15) is 5.06 Å². The molecular weight excluding hydrogens is 506 g/mol. The molecule has 4 heteroatoms. The van der Waals surface area contributed by atoms with Crippen molar-refractivity contribution in [1.29, 1.82) is 0 Å². The Hall–Kier alpha value is -1.39. The van der Waals surface area contributed by atoms with E-state index in [2.05, 4.69) is 76.9 Å². The minimum Gasteiger partial charge on any atom is -0.481 e. The summed E-state index contributed by atoms with van der Waals surface area (Å²) in [7, 11) is 0. The predicted octanol–water partition coefficient (Wildman–Crippen LogP) is 11.3. The smallest absolute Gasteiger partial charge is 0.303 e. The van der Waals surface area contributed by atoms with Gasteiger partial charge >= 0.3 is 5.97 Å². The van der Waals surface area contributed by atoms with Gasteiger partial charge in [0.15, 0.2) is 0 Å². The van der Waals surface area contributed by atoms with Crippen molar-refractivity contribution in [2.24, 2.45) is 11.8 Å². The van der Waals surface area contributed by atoms with Crippen LogP contribution in [0.5, 0.6) is 0 Å². The SMILES string of the molecule is CCC1(C)CC(CCCCCCCCCCCCCCCCC(=O)O)C(C)C(C)(CC)N1OC(C)c1ccccc1. The molecule has 1 aromatic carbocycles. The molecule has 0 radical (unpaired) electrons. The van der Waals surface area contributed by atoms with Gasteiger partial charge in [0.2, 0.25) is 0 Å². The summed E-state index contributed by atoms with van der Waals surface area (Å²) in [6, 6.07) is 10.7. The number of benzene rings is 1. The molecule has 1 N–H and O–H groups in total. The molecule has 1 saturated heterocycles. The highest BCUT2D eigenvalue weighted by Crippen LogP contribution is 2.50. The molecule has 0 bridgehead atoms. The number of aliphatic carboxylic acids is 1. The van der Waals surface area contributed by atoms with Crippen molar-refractivity contribution in [2.75, 3.05) is 0 Å². The zero-order valence-electron chi connectivity index (χ0n) is 27.8. The molecule has 1 fully saturated rings. The van der Waals surface area contributed by atoms with Crippen LogP contribution in [0.1, 0.15) is 175 Å². The minimum atomic E-state index is -0.658. The Morgan fingerprint density at radius 1 is 0.854 bits per heavy atom. The monoisotopic (exact) mass is 571 g/mol. The molecule has 236 valence electrons. The van der Waals surface area contributed by atoms with Crippen LogP contribution in [0.4, 0.5) is 0 Å². The number of carbonyl (C=O) groups is 1. The van der Waals surface area contributed by atoms with Gasteiger partial charge in [-0.15, -0.1) is 0 Å². The number of unbranched alkanes of at least 4 members (excludes halogenated alkanes) is 13. The second-order valence-electron chi connectivity index (χ2n) is 13.6. The second-order valence-corrected chi connectivity index (χ2v) is 13.6. The van der Waals surface area contributed by atoms with Crippen molar-refractivity contribution in [1.82, 2.24) is 5.06 Å². The molecule has 1 aromatic rings. The van der Waals surface area contributed by atoms with E-state index in [9.17, 15) is 4.79 Å². The van der Waals surface area contributed by atoms with Crippen molar-refractivity contribution in [3.05, 3.63) is 35.9 Å². The van der Waals surface area contributed by atoms with Crippen LogP contribution in [0.25, 0.3) is 0 Å². The topological polar surface area (TPSA) is 49.8 Å². The first-order valence-electron chi connectivity index (χ1n) is 17.4. The van der Waals surface area contributed by atoms with Crippen LogP contribution < -0.4 is 0 Å². The molecule has 0 amide bonds. The van der Waals surface area contributed by atoms with Gasteiger partial charge in [0.05, 0.1) is 0 Å². The highest BCUT2D eigenvalue weighted by molar-refractivity contribution is 5.66. The van der Waals surface area contributed by atoms with Crippen LogP contribution in [0.3, 0.4) is 0 Å². The van der Waals surface area contributed by atoms with Crippen LogP contribution >= 0.6 is 0 Å². The number of carboxylic acid groups (broad SMARTS) is 1. The van der Waals surface area contributed by atoms with Crippen LogP contribution in [0.15, 0.2) is 30.3 Å². The van der Waals surface area contributed by atoms with Gasteiger partial charge in [-0.3, -0.25) is 9.63 Å². The molecule has 0 aromatic heterocycles. The number of hydrogen-bond donors (Lipinski definition) is 1. The zero-order chi connectivity index (χ0) is 30.1. The first kappa shape index (κ1) is 35.8. The molecule has 0 aliphatic carbocycles. The highest BCUT2D eigenvalue weighted by atomic mass is 16.7. The van der Waals surface area contributed by atoms with E-state index in [1.54, 1.807) is 0 Å². The van der Waals surface area contributed by atoms with E-state index in [0.29, 0.717) is 12.3 Å². The number of hydroxylamine groups is 2. The molecule has 1 heterocycles. The summed E-state index contributed by atoms with van der Waals surface area (Å²) < 4.78 is 0. The lowest BCUT2D eigenvalue weighted by atomic mass is 9.64. The Balaban J connectivity index is 1.66. The normalized spacial score (nSPS) is 25.8. The summed E-state index contributed by atoms with van der Waals surface area (Å²) in [4.78, 5) is 17.4. The fourth-order valence-corrected chi connectivity index (χ4v) is 7.23. The van der Waals surface area contributed by atoms with Gasteiger partial charge < -0.3 is 5.11 Å².